The van der Waals surface area contributed by atoms with E-state index in [1.807, 2.05) is 0 Å². The lowest BCUT2D eigenvalue weighted by Crippen LogP contribution is -2.57. The lowest BCUT2D eigenvalue weighted by atomic mass is 9.45. The summed E-state index contributed by atoms with van der Waals surface area (Å²) < 4.78 is 12.5. The van der Waals surface area contributed by atoms with Crippen molar-refractivity contribution in [1.29, 1.82) is 0 Å². The molecule has 1 aliphatic heterocycles. The molecule has 26 heavy (non-hydrogen) atoms. The zero-order valence-corrected chi connectivity index (χ0v) is 16.3. The largest absolute Gasteiger partial charge is 0.347 e. The van der Waals surface area contributed by atoms with Gasteiger partial charge in [-0.3, -0.25) is 0 Å². The molecule has 0 amide bonds. The molecule has 0 aromatic rings. The molecule has 2 unspecified atom stereocenters. The first kappa shape index (κ1) is 17.3. The van der Waals surface area contributed by atoms with Crippen molar-refractivity contribution in [3.05, 3.63) is 10.4 Å². The number of hydrogen-bond acceptors (Lipinski definition) is 3. The zero-order chi connectivity index (χ0) is 18.0. The van der Waals surface area contributed by atoms with Crippen LogP contribution < -0.4 is 0 Å². The predicted octanol–water partition coefficient (Wildman–Crippen LogP) is 5.45. The van der Waals surface area contributed by atoms with E-state index in [1.165, 1.54) is 38.5 Å². The van der Waals surface area contributed by atoms with Gasteiger partial charge in [0.2, 0.25) is 0 Å². The Balaban J connectivity index is 1.41. The SMILES string of the molecule is C[C@]12CC[C@H](N=[N+]=[N-])CC1CC[C@@H]1C2CC[C@@]2(C)[C@H]1CCC21OCCO1. The fourth-order valence-corrected chi connectivity index (χ4v) is 8.30. The van der Waals surface area contributed by atoms with Crippen LogP contribution in [-0.2, 0) is 9.47 Å². The fraction of sp³-hybridized carbons (Fsp3) is 1.00. The third kappa shape index (κ3) is 2.14. The minimum atomic E-state index is -0.278. The van der Waals surface area contributed by atoms with E-state index in [9.17, 15) is 0 Å². The zero-order valence-electron chi connectivity index (χ0n) is 16.3. The van der Waals surface area contributed by atoms with Crippen LogP contribution in [0.25, 0.3) is 10.4 Å². The molecule has 1 heterocycles. The van der Waals surface area contributed by atoms with Gasteiger partial charge in [0.05, 0.1) is 13.2 Å². The third-order valence-electron chi connectivity index (χ3n) is 9.65. The van der Waals surface area contributed by atoms with Gasteiger partial charge in [-0.05, 0) is 86.0 Å². The van der Waals surface area contributed by atoms with E-state index in [0.29, 0.717) is 5.41 Å². The lowest BCUT2D eigenvalue weighted by molar-refractivity contribution is -0.247. The molecule has 0 bridgehead atoms. The molecule has 0 radical (unpaired) electrons. The van der Waals surface area contributed by atoms with Crippen molar-refractivity contribution >= 4 is 0 Å². The van der Waals surface area contributed by atoms with Gasteiger partial charge in [0.25, 0.3) is 0 Å². The van der Waals surface area contributed by atoms with Crippen molar-refractivity contribution < 1.29 is 9.47 Å². The highest BCUT2D eigenvalue weighted by molar-refractivity contribution is 5.13. The topological polar surface area (TPSA) is 67.2 Å². The Morgan fingerprint density at radius 2 is 1.69 bits per heavy atom. The second-order valence-electron chi connectivity index (χ2n) is 10.2. The van der Waals surface area contributed by atoms with Crippen molar-refractivity contribution in [3.8, 4) is 0 Å². The standard InChI is InChI=1S/C21H33N3O2/c1-19-8-5-15(23-24-22)13-14(19)3-4-16-17(19)6-9-20(2)18(16)7-10-21(20)25-11-12-26-21/h14-18H,3-13H2,1-2H3/t14?,15-,16+,17?,18-,19-,20-/m0/s1. The van der Waals surface area contributed by atoms with Gasteiger partial charge in [0.15, 0.2) is 5.79 Å². The van der Waals surface area contributed by atoms with Crippen molar-refractivity contribution in [2.75, 3.05) is 13.2 Å². The molecular formula is C21H33N3O2. The summed E-state index contributed by atoms with van der Waals surface area (Å²) in [5, 5.41) is 4.07. The minimum Gasteiger partial charge on any atom is -0.347 e. The Morgan fingerprint density at radius 3 is 2.46 bits per heavy atom. The number of rotatable bonds is 1. The molecule has 0 aromatic heterocycles. The second kappa shape index (κ2) is 5.86. The Bertz CT molecular complexity index is 627. The molecule has 5 heteroatoms. The molecule has 4 aliphatic carbocycles. The van der Waals surface area contributed by atoms with E-state index in [-0.39, 0.29) is 17.2 Å². The highest BCUT2D eigenvalue weighted by atomic mass is 16.7. The van der Waals surface area contributed by atoms with Crippen LogP contribution in [0.3, 0.4) is 0 Å². The Kier molecular flexibility index (Phi) is 3.91. The van der Waals surface area contributed by atoms with Gasteiger partial charge in [-0.2, -0.15) is 0 Å². The van der Waals surface area contributed by atoms with Gasteiger partial charge in [0.1, 0.15) is 0 Å². The number of fused-ring (bicyclic) bond motifs is 6. The molecule has 1 saturated heterocycles. The average molecular weight is 360 g/mol. The van der Waals surface area contributed by atoms with Crippen LogP contribution >= 0.6 is 0 Å². The summed E-state index contributed by atoms with van der Waals surface area (Å²) in [6.07, 6.45) is 11.0. The highest BCUT2D eigenvalue weighted by Gasteiger charge is 2.67. The van der Waals surface area contributed by atoms with Crippen LogP contribution in [-0.4, -0.2) is 25.0 Å². The van der Waals surface area contributed by atoms with Gasteiger partial charge in [-0.1, -0.05) is 19.0 Å². The predicted molar refractivity (Wildman–Crippen MR) is 99.3 cm³/mol. The van der Waals surface area contributed by atoms with Crippen molar-refractivity contribution in [3.63, 3.8) is 0 Å². The number of nitrogens with zero attached hydrogens (tertiary/aromatic N) is 3. The fourth-order valence-electron chi connectivity index (χ4n) is 8.30. The van der Waals surface area contributed by atoms with Crippen LogP contribution in [0.2, 0.25) is 0 Å². The van der Waals surface area contributed by atoms with Crippen LogP contribution in [0.5, 0.6) is 0 Å². The normalized spacial score (nSPS) is 52.0. The van der Waals surface area contributed by atoms with E-state index in [2.05, 4.69) is 23.9 Å². The van der Waals surface area contributed by atoms with Crippen LogP contribution in [0.4, 0.5) is 0 Å². The molecule has 5 rings (SSSR count). The lowest BCUT2D eigenvalue weighted by Gasteiger charge is -2.61. The molecule has 0 aromatic carbocycles. The number of ether oxygens (including phenoxy) is 2. The summed E-state index contributed by atoms with van der Waals surface area (Å²) in [6.45, 7) is 6.59. The van der Waals surface area contributed by atoms with Gasteiger partial charge >= 0.3 is 0 Å². The smallest absolute Gasteiger partial charge is 0.174 e. The maximum atomic E-state index is 8.83. The van der Waals surface area contributed by atoms with Gasteiger partial charge < -0.3 is 9.47 Å². The van der Waals surface area contributed by atoms with E-state index in [4.69, 9.17) is 15.0 Å². The van der Waals surface area contributed by atoms with Crippen molar-refractivity contribution in [2.24, 2.45) is 39.6 Å². The molecule has 0 N–H and O–H groups in total. The molecule has 4 saturated carbocycles. The van der Waals surface area contributed by atoms with E-state index >= 15 is 0 Å². The summed E-state index contributed by atoms with van der Waals surface area (Å²) >= 11 is 0. The molecule has 5 fully saturated rings. The first-order valence-electron chi connectivity index (χ1n) is 10.8. The van der Waals surface area contributed by atoms with Crippen LogP contribution in [0.15, 0.2) is 5.11 Å². The first-order valence-corrected chi connectivity index (χ1v) is 10.8. The molecule has 144 valence electrons. The third-order valence-corrected chi connectivity index (χ3v) is 9.65. The van der Waals surface area contributed by atoms with Gasteiger partial charge in [-0.25, -0.2) is 0 Å². The summed E-state index contributed by atoms with van der Waals surface area (Å²) in [6, 6.07) is 0.235. The van der Waals surface area contributed by atoms with Gasteiger partial charge in [0, 0.05) is 22.8 Å². The van der Waals surface area contributed by atoms with E-state index in [0.717, 1.165) is 56.1 Å². The summed E-state index contributed by atoms with van der Waals surface area (Å²) in [5.41, 5.74) is 9.48. The quantitative estimate of drug-likeness (QED) is 0.355. The van der Waals surface area contributed by atoms with E-state index < -0.39 is 0 Å². The minimum absolute atomic E-state index is 0.205. The van der Waals surface area contributed by atoms with E-state index in [1.54, 1.807) is 0 Å². The molecule has 5 nitrogen and oxygen atoms in total. The highest BCUT2D eigenvalue weighted by Crippen LogP contribution is 2.69. The van der Waals surface area contributed by atoms with Crippen LogP contribution in [0.1, 0.15) is 71.6 Å². The summed E-state index contributed by atoms with van der Waals surface area (Å²) in [5.74, 6) is 2.89. The average Bonchev–Trinajstić information content (AvgIpc) is 3.22. The number of hydrogen-bond donors (Lipinski definition) is 0. The van der Waals surface area contributed by atoms with Crippen molar-refractivity contribution in [2.45, 2.75) is 83.5 Å². The molecule has 5 aliphatic rings. The Hall–Kier alpha value is -0.770. The maximum absolute atomic E-state index is 8.83. The monoisotopic (exact) mass is 359 g/mol. The number of azide groups is 1. The van der Waals surface area contributed by atoms with Crippen molar-refractivity contribution in [1.82, 2.24) is 0 Å². The molecular weight excluding hydrogens is 326 g/mol. The Labute approximate surface area is 156 Å². The molecule has 7 atom stereocenters. The maximum Gasteiger partial charge on any atom is 0.174 e. The summed E-state index contributed by atoms with van der Waals surface area (Å²) in [4.78, 5) is 3.09. The van der Waals surface area contributed by atoms with Crippen LogP contribution in [0, 0.1) is 34.5 Å². The first-order chi connectivity index (χ1) is 12.5. The van der Waals surface area contributed by atoms with Gasteiger partial charge in [-0.15, -0.1) is 0 Å². The summed E-state index contributed by atoms with van der Waals surface area (Å²) in [7, 11) is 0. The Morgan fingerprint density at radius 1 is 0.923 bits per heavy atom. The molecule has 1 spiro atoms. The second-order valence-corrected chi connectivity index (χ2v) is 10.2.